The summed E-state index contributed by atoms with van der Waals surface area (Å²) in [6.07, 6.45) is 5.23. The molecule has 1 aliphatic rings. The molecule has 1 amide bonds. The maximum atomic E-state index is 12.2. The van der Waals surface area contributed by atoms with E-state index in [0.29, 0.717) is 18.0 Å². The first-order chi connectivity index (χ1) is 12.5. The van der Waals surface area contributed by atoms with E-state index < -0.39 is 0 Å². The van der Waals surface area contributed by atoms with E-state index in [1.54, 1.807) is 0 Å². The van der Waals surface area contributed by atoms with Crippen molar-refractivity contribution < 1.29 is 9.53 Å². The molecule has 3 heterocycles. The van der Waals surface area contributed by atoms with Crippen molar-refractivity contribution in [2.45, 2.75) is 52.4 Å². The summed E-state index contributed by atoms with van der Waals surface area (Å²) < 4.78 is 5.76. The van der Waals surface area contributed by atoms with Crippen molar-refractivity contribution in [2.24, 2.45) is 0 Å². The average Bonchev–Trinajstić information content (AvgIpc) is 2.99. The number of nitrogens with one attached hydrogen (secondary N) is 1. The molecule has 0 saturated carbocycles. The van der Waals surface area contributed by atoms with Crippen LogP contribution in [0.1, 0.15) is 37.1 Å². The molecule has 2 aromatic heterocycles. The second-order valence-corrected chi connectivity index (χ2v) is 7.87. The maximum absolute atomic E-state index is 12.2. The van der Waals surface area contributed by atoms with Gasteiger partial charge in [-0.25, -0.2) is 4.98 Å². The number of aryl methyl sites for hydroxylation is 2. The molecule has 0 spiro atoms. The number of morpholine rings is 1. The summed E-state index contributed by atoms with van der Waals surface area (Å²) in [6.45, 7) is 8.81. The molecule has 1 fully saturated rings. The largest absolute Gasteiger partial charge is 0.373 e. The Morgan fingerprint density at radius 1 is 1.35 bits per heavy atom. The highest BCUT2D eigenvalue weighted by Gasteiger charge is 2.22. The third kappa shape index (κ3) is 5.59. The van der Waals surface area contributed by atoms with Crippen LogP contribution >= 0.6 is 11.3 Å². The highest BCUT2D eigenvalue weighted by atomic mass is 32.1. The summed E-state index contributed by atoms with van der Waals surface area (Å²) >= 11 is 1.48. The van der Waals surface area contributed by atoms with E-state index in [-0.39, 0.29) is 18.1 Å². The van der Waals surface area contributed by atoms with Crippen LogP contribution < -0.4 is 5.32 Å². The molecule has 2 aromatic rings. The summed E-state index contributed by atoms with van der Waals surface area (Å²) in [7, 11) is 0. The number of hydrogen-bond acceptors (Lipinski definition) is 6. The quantitative estimate of drug-likeness (QED) is 0.842. The van der Waals surface area contributed by atoms with Crippen molar-refractivity contribution in [1.29, 1.82) is 0 Å². The number of carbonyl (C=O) groups excluding carboxylic acids is 1. The van der Waals surface area contributed by atoms with Gasteiger partial charge in [0.1, 0.15) is 0 Å². The number of carbonyl (C=O) groups is 1. The summed E-state index contributed by atoms with van der Waals surface area (Å²) in [6, 6.07) is 2.06. The van der Waals surface area contributed by atoms with Gasteiger partial charge in [-0.2, -0.15) is 0 Å². The Labute approximate surface area is 158 Å². The van der Waals surface area contributed by atoms with Gasteiger partial charge in [0.15, 0.2) is 5.13 Å². The predicted octanol–water partition coefficient (Wildman–Crippen LogP) is 3.03. The molecular formula is C19H26N4O2S. The number of hydrogen-bond donors (Lipinski definition) is 1. The molecule has 1 aliphatic heterocycles. The molecule has 6 nitrogen and oxygen atoms in total. The zero-order valence-electron chi connectivity index (χ0n) is 15.6. The van der Waals surface area contributed by atoms with Gasteiger partial charge in [0, 0.05) is 43.8 Å². The highest BCUT2D eigenvalue weighted by molar-refractivity contribution is 7.13. The van der Waals surface area contributed by atoms with E-state index in [1.807, 2.05) is 24.7 Å². The van der Waals surface area contributed by atoms with Gasteiger partial charge in [-0.15, -0.1) is 11.3 Å². The fourth-order valence-corrected chi connectivity index (χ4v) is 3.99. The topological polar surface area (TPSA) is 67.4 Å². The predicted molar refractivity (Wildman–Crippen MR) is 103 cm³/mol. The minimum atomic E-state index is -0.0129. The van der Waals surface area contributed by atoms with Crippen LogP contribution in [0.4, 0.5) is 5.13 Å². The van der Waals surface area contributed by atoms with Crippen LogP contribution in [0, 0.1) is 6.92 Å². The smallest absolute Gasteiger partial charge is 0.226 e. The lowest BCUT2D eigenvalue weighted by Gasteiger charge is -2.34. The molecule has 0 aliphatic carbocycles. The Kier molecular flexibility index (Phi) is 6.34. The van der Waals surface area contributed by atoms with E-state index in [4.69, 9.17) is 4.74 Å². The van der Waals surface area contributed by atoms with E-state index in [0.717, 1.165) is 36.5 Å². The van der Waals surface area contributed by atoms with Gasteiger partial charge in [0.05, 0.1) is 17.9 Å². The number of thiazole rings is 1. The molecule has 26 heavy (non-hydrogen) atoms. The van der Waals surface area contributed by atoms with E-state index in [1.165, 1.54) is 11.3 Å². The number of rotatable bonds is 6. The van der Waals surface area contributed by atoms with Crippen LogP contribution in [0.5, 0.6) is 0 Å². The molecule has 0 bridgehead atoms. The minimum Gasteiger partial charge on any atom is -0.373 e. The van der Waals surface area contributed by atoms with Crippen LogP contribution in [-0.2, 0) is 22.5 Å². The number of nitrogens with zero attached hydrogens (tertiary/aromatic N) is 3. The van der Waals surface area contributed by atoms with Crippen molar-refractivity contribution in [3.8, 4) is 0 Å². The van der Waals surface area contributed by atoms with E-state index >= 15 is 0 Å². The molecule has 0 unspecified atom stereocenters. The van der Waals surface area contributed by atoms with E-state index in [9.17, 15) is 4.79 Å². The summed E-state index contributed by atoms with van der Waals surface area (Å²) in [5.41, 5.74) is 3.18. The van der Waals surface area contributed by atoms with Crippen LogP contribution in [-0.4, -0.2) is 46.1 Å². The van der Waals surface area contributed by atoms with Gasteiger partial charge in [0.25, 0.3) is 0 Å². The standard InChI is InChI=1S/C19H26N4O2S/c1-13-6-16(8-20-7-13)4-5-18(24)22-19-21-17(12-26-19)11-23-9-14(2)25-15(3)10-23/h6-8,12,14-15H,4-5,9-11H2,1-3H3,(H,21,22,24)/t14-,15-/m0/s1. The van der Waals surface area contributed by atoms with Crippen LogP contribution in [0.3, 0.4) is 0 Å². The molecule has 1 saturated heterocycles. The zero-order valence-corrected chi connectivity index (χ0v) is 16.4. The summed E-state index contributed by atoms with van der Waals surface area (Å²) in [5, 5.41) is 5.59. The van der Waals surface area contributed by atoms with Gasteiger partial charge in [-0.05, 0) is 38.3 Å². The number of aromatic nitrogens is 2. The van der Waals surface area contributed by atoms with Gasteiger partial charge >= 0.3 is 0 Å². The fourth-order valence-electron chi connectivity index (χ4n) is 3.27. The lowest BCUT2D eigenvalue weighted by Crippen LogP contribution is -2.44. The number of anilines is 1. The van der Waals surface area contributed by atoms with Gasteiger partial charge in [-0.3, -0.25) is 14.7 Å². The van der Waals surface area contributed by atoms with Crippen molar-refractivity contribution in [3.63, 3.8) is 0 Å². The lowest BCUT2D eigenvalue weighted by molar-refractivity contribution is -0.116. The first kappa shape index (κ1) is 18.9. The average molecular weight is 375 g/mol. The zero-order chi connectivity index (χ0) is 18.5. The lowest BCUT2D eigenvalue weighted by atomic mass is 10.1. The Balaban J connectivity index is 1.47. The number of amides is 1. The van der Waals surface area contributed by atoms with Crippen molar-refractivity contribution in [3.05, 3.63) is 40.7 Å². The van der Waals surface area contributed by atoms with Gasteiger partial charge < -0.3 is 10.1 Å². The van der Waals surface area contributed by atoms with Crippen LogP contribution in [0.15, 0.2) is 23.8 Å². The highest BCUT2D eigenvalue weighted by Crippen LogP contribution is 2.19. The molecular weight excluding hydrogens is 348 g/mol. The minimum absolute atomic E-state index is 0.0129. The molecule has 1 N–H and O–H groups in total. The SMILES string of the molecule is Cc1cncc(CCC(=O)Nc2nc(CN3C[C@H](C)O[C@@H](C)C3)cs2)c1. The monoisotopic (exact) mass is 374 g/mol. The van der Waals surface area contributed by atoms with Crippen molar-refractivity contribution >= 4 is 22.4 Å². The normalized spacial score (nSPS) is 20.9. The molecule has 7 heteroatoms. The molecule has 2 atom stereocenters. The Morgan fingerprint density at radius 2 is 2.12 bits per heavy atom. The van der Waals surface area contributed by atoms with E-state index in [2.05, 4.69) is 40.1 Å². The first-order valence-corrected chi connectivity index (χ1v) is 9.88. The second kappa shape index (κ2) is 8.70. The summed E-state index contributed by atoms with van der Waals surface area (Å²) in [5.74, 6) is -0.0129. The third-order valence-corrected chi connectivity index (χ3v) is 5.06. The maximum Gasteiger partial charge on any atom is 0.226 e. The number of pyridine rings is 1. The second-order valence-electron chi connectivity index (χ2n) is 7.01. The van der Waals surface area contributed by atoms with Crippen LogP contribution in [0.25, 0.3) is 0 Å². The number of ether oxygens (including phenoxy) is 1. The molecule has 0 radical (unpaired) electrons. The first-order valence-electron chi connectivity index (χ1n) is 9.00. The molecule has 0 aromatic carbocycles. The Morgan fingerprint density at radius 3 is 2.85 bits per heavy atom. The Bertz CT molecular complexity index is 739. The van der Waals surface area contributed by atoms with Crippen LogP contribution in [0.2, 0.25) is 0 Å². The van der Waals surface area contributed by atoms with Gasteiger partial charge in [-0.1, -0.05) is 6.07 Å². The molecule has 140 valence electrons. The third-order valence-electron chi connectivity index (χ3n) is 4.25. The molecule has 3 rings (SSSR count). The fraction of sp³-hybridized carbons (Fsp3) is 0.526. The van der Waals surface area contributed by atoms with Gasteiger partial charge in [0.2, 0.25) is 5.91 Å². The Hall–Kier alpha value is -1.83. The van der Waals surface area contributed by atoms with Crippen molar-refractivity contribution in [2.75, 3.05) is 18.4 Å². The van der Waals surface area contributed by atoms with Crippen molar-refractivity contribution in [1.82, 2.24) is 14.9 Å². The summed E-state index contributed by atoms with van der Waals surface area (Å²) in [4.78, 5) is 23.2.